The zero-order valence-corrected chi connectivity index (χ0v) is 26.4. The molecular weight excluding hydrogens is 591 g/mol. The van der Waals surface area contributed by atoms with E-state index in [2.05, 4.69) is 25.4 Å². The van der Waals surface area contributed by atoms with Gasteiger partial charge in [0.2, 0.25) is 0 Å². The lowest BCUT2D eigenvalue weighted by atomic mass is 9.86. The molecule has 1 N–H and O–H groups in total. The van der Waals surface area contributed by atoms with Gasteiger partial charge in [0.1, 0.15) is 11.5 Å². The number of anilines is 2. The minimum atomic E-state index is -0.740. The van der Waals surface area contributed by atoms with E-state index in [-0.39, 0.29) is 33.4 Å². The van der Waals surface area contributed by atoms with E-state index in [1.54, 1.807) is 38.6 Å². The van der Waals surface area contributed by atoms with Crippen molar-refractivity contribution in [2.45, 2.75) is 39.3 Å². The fraction of sp³-hybridized carbons (Fsp3) is 0.333. The fourth-order valence-electron chi connectivity index (χ4n) is 5.70. The van der Waals surface area contributed by atoms with Crippen molar-refractivity contribution in [3.8, 4) is 16.9 Å². The molecule has 1 aromatic carbocycles. The SMILES string of the molecule is COCCN1CCn2nc(Nc3cc(-c4ccnc(-n5ncc6cc(C(C)(C)C)cc(F)c6c5=O)c4C=O)cn(C)c3=O)cc2C1. The van der Waals surface area contributed by atoms with Gasteiger partial charge in [-0.05, 0) is 40.8 Å². The average Bonchev–Trinajstić information content (AvgIpc) is 3.42. The molecule has 0 atom stereocenters. The van der Waals surface area contributed by atoms with E-state index in [1.807, 2.05) is 31.5 Å². The van der Waals surface area contributed by atoms with Crippen molar-refractivity contribution < 1.29 is 13.9 Å². The van der Waals surface area contributed by atoms with Gasteiger partial charge in [0.25, 0.3) is 11.1 Å². The number of carbonyl (C=O) groups excluding carboxylic acids is 1. The number of nitrogens with zero attached hydrogens (tertiary/aromatic N) is 7. The van der Waals surface area contributed by atoms with Crippen LogP contribution in [0.4, 0.5) is 15.9 Å². The largest absolute Gasteiger partial charge is 0.383 e. The van der Waals surface area contributed by atoms with Gasteiger partial charge in [0, 0.05) is 63.2 Å². The summed E-state index contributed by atoms with van der Waals surface area (Å²) >= 11 is 0. The highest BCUT2D eigenvalue weighted by Crippen LogP contribution is 2.29. The summed E-state index contributed by atoms with van der Waals surface area (Å²) < 4.78 is 24.8. The maximum Gasteiger partial charge on any atom is 0.283 e. The number of methoxy groups -OCH3 is 1. The van der Waals surface area contributed by atoms with E-state index in [0.717, 1.165) is 29.0 Å². The Bertz CT molecular complexity index is 2090. The van der Waals surface area contributed by atoms with Crippen LogP contribution >= 0.6 is 0 Å². The van der Waals surface area contributed by atoms with Gasteiger partial charge in [-0.3, -0.25) is 24.0 Å². The molecular formula is C33H35FN8O4. The van der Waals surface area contributed by atoms with Crippen molar-refractivity contribution in [1.29, 1.82) is 0 Å². The number of carbonyl (C=O) groups is 1. The lowest BCUT2D eigenvalue weighted by Crippen LogP contribution is -2.35. The van der Waals surface area contributed by atoms with Crippen LogP contribution in [0.1, 0.15) is 42.4 Å². The number of benzene rings is 1. The van der Waals surface area contributed by atoms with Gasteiger partial charge in [-0.15, -0.1) is 0 Å². The molecule has 13 heteroatoms. The van der Waals surface area contributed by atoms with E-state index in [1.165, 1.54) is 23.0 Å². The standard InChI is InChI=1S/C33H35FN8O4/c1-33(2,3)22-12-20-16-36-42(32(45)29(20)26(34)14-22)30-25(19-43)24(6-7-35-30)21-13-27(31(44)39(4)17-21)37-28-15-23-18-40(10-11-46-5)8-9-41(23)38-28/h6-7,12-17,19H,8-11,18H2,1-5H3,(H,37,38). The number of aldehydes is 1. The van der Waals surface area contributed by atoms with Crippen molar-refractivity contribution in [3.63, 3.8) is 0 Å². The second-order valence-corrected chi connectivity index (χ2v) is 12.4. The minimum Gasteiger partial charge on any atom is -0.383 e. The Morgan fingerprint density at radius 1 is 1.11 bits per heavy atom. The number of halogens is 1. The topological polar surface area (TPSA) is 129 Å². The van der Waals surface area contributed by atoms with Crippen LogP contribution in [0.2, 0.25) is 0 Å². The molecule has 12 nitrogen and oxygen atoms in total. The molecule has 6 rings (SSSR count). The zero-order chi connectivity index (χ0) is 32.7. The summed E-state index contributed by atoms with van der Waals surface area (Å²) in [6.45, 7) is 9.58. The van der Waals surface area contributed by atoms with E-state index in [9.17, 15) is 14.4 Å². The molecule has 1 aliphatic heterocycles. The number of nitrogens with one attached hydrogen (secondary N) is 1. The van der Waals surface area contributed by atoms with Crippen LogP contribution in [0.15, 0.2) is 58.5 Å². The summed E-state index contributed by atoms with van der Waals surface area (Å²) in [4.78, 5) is 45.9. The molecule has 5 heterocycles. The Morgan fingerprint density at radius 3 is 2.65 bits per heavy atom. The smallest absolute Gasteiger partial charge is 0.283 e. The third-order valence-electron chi connectivity index (χ3n) is 8.24. The second-order valence-electron chi connectivity index (χ2n) is 12.4. The highest BCUT2D eigenvalue weighted by molar-refractivity contribution is 5.92. The van der Waals surface area contributed by atoms with Gasteiger partial charge in [-0.25, -0.2) is 9.37 Å². The zero-order valence-electron chi connectivity index (χ0n) is 26.4. The van der Waals surface area contributed by atoms with E-state index < -0.39 is 11.4 Å². The Morgan fingerprint density at radius 2 is 1.91 bits per heavy atom. The average molecular weight is 627 g/mol. The van der Waals surface area contributed by atoms with Crippen LogP contribution in [-0.4, -0.2) is 67.1 Å². The third-order valence-corrected chi connectivity index (χ3v) is 8.24. The van der Waals surface area contributed by atoms with Gasteiger partial charge in [0.05, 0.1) is 36.0 Å². The maximum atomic E-state index is 15.3. The van der Waals surface area contributed by atoms with E-state index >= 15 is 4.39 Å². The highest BCUT2D eigenvalue weighted by Gasteiger charge is 2.22. The first kappa shape index (κ1) is 31.0. The van der Waals surface area contributed by atoms with Crippen molar-refractivity contribution in [3.05, 3.63) is 92.3 Å². The van der Waals surface area contributed by atoms with Crippen LogP contribution < -0.4 is 16.4 Å². The van der Waals surface area contributed by atoms with Gasteiger partial charge >= 0.3 is 0 Å². The predicted octanol–water partition coefficient (Wildman–Crippen LogP) is 3.80. The maximum absolute atomic E-state index is 15.3. The second kappa shape index (κ2) is 12.1. The van der Waals surface area contributed by atoms with Gasteiger partial charge in [0.15, 0.2) is 17.9 Å². The predicted molar refractivity (Wildman–Crippen MR) is 173 cm³/mol. The number of rotatable bonds is 8. The Balaban J connectivity index is 1.38. The molecule has 238 valence electrons. The quantitative estimate of drug-likeness (QED) is 0.256. The molecule has 0 saturated heterocycles. The number of fused-ring (bicyclic) bond motifs is 2. The first-order valence-corrected chi connectivity index (χ1v) is 14.9. The molecule has 1 aliphatic rings. The fourth-order valence-corrected chi connectivity index (χ4v) is 5.70. The molecule has 0 spiro atoms. The van der Waals surface area contributed by atoms with Gasteiger partial charge < -0.3 is 14.6 Å². The van der Waals surface area contributed by atoms with Crippen LogP contribution in [-0.2, 0) is 30.3 Å². The molecule has 0 unspecified atom stereocenters. The number of aromatic nitrogens is 6. The Hall–Kier alpha value is -5.01. The van der Waals surface area contributed by atoms with Crippen molar-refractivity contribution in [2.24, 2.45) is 7.05 Å². The number of hydrogen-bond acceptors (Lipinski definition) is 9. The molecule has 0 fully saturated rings. The first-order chi connectivity index (χ1) is 22.0. The number of pyridine rings is 2. The highest BCUT2D eigenvalue weighted by atomic mass is 19.1. The monoisotopic (exact) mass is 626 g/mol. The summed E-state index contributed by atoms with van der Waals surface area (Å²) in [6.07, 6.45) is 5.00. The van der Waals surface area contributed by atoms with Crippen LogP contribution in [0.3, 0.4) is 0 Å². The minimum absolute atomic E-state index is 0.0538. The normalized spacial score (nSPS) is 13.6. The summed E-state index contributed by atoms with van der Waals surface area (Å²) in [7, 11) is 3.29. The summed E-state index contributed by atoms with van der Waals surface area (Å²) in [5, 5.41) is 12.3. The van der Waals surface area contributed by atoms with E-state index in [0.29, 0.717) is 48.3 Å². The number of hydrogen-bond donors (Lipinski definition) is 1. The number of aryl methyl sites for hydroxylation is 1. The molecule has 5 aromatic rings. The number of ether oxygens (including phenoxy) is 1. The molecule has 46 heavy (non-hydrogen) atoms. The van der Waals surface area contributed by atoms with Crippen molar-refractivity contribution in [2.75, 3.05) is 32.1 Å². The van der Waals surface area contributed by atoms with Crippen LogP contribution in [0, 0.1) is 5.82 Å². The molecule has 0 amide bonds. The summed E-state index contributed by atoms with van der Waals surface area (Å²) in [5.74, 6) is -0.209. The van der Waals surface area contributed by atoms with Crippen molar-refractivity contribution in [1.82, 2.24) is 34.0 Å². The molecule has 0 saturated carbocycles. The summed E-state index contributed by atoms with van der Waals surface area (Å²) in [5.41, 5.74) is 1.60. The van der Waals surface area contributed by atoms with Crippen molar-refractivity contribution >= 4 is 28.6 Å². The van der Waals surface area contributed by atoms with E-state index in [4.69, 9.17) is 4.74 Å². The summed E-state index contributed by atoms with van der Waals surface area (Å²) in [6, 6.07) is 8.25. The molecule has 0 aliphatic carbocycles. The first-order valence-electron chi connectivity index (χ1n) is 14.9. The lowest BCUT2D eigenvalue weighted by molar-refractivity contribution is 0.112. The van der Waals surface area contributed by atoms with Crippen LogP contribution in [0.5, 0.6) is 0 Å². The Labute approximate surface area is 264 Å². The molecule has 0 radical (unpaired) electrons. The van der Waals surface area contributed by atoms with Gasteiger partial charge in [-0.2, -0.15) is 14.9 Å². The van der Waals surface area contributed by atoms with Crippen LogP contribution in [0.25, 0.3) is 27.7 Å². The third kappa shape index (κ3) is 5.74. The molecule has 4 aromatic heterocycles. The molecule has 0 bridgehead atoms. The lowest BCUT2D eigenvalue weighted by Gasteiger charge is -2.26. The van der Waals surface area contributed by atoms with Gasteiger partial charge in [-0.1, -0.05) is 20.8 Å². The Kier molecular flexibility index (Phi) is 8.13.